The van der Waals surface area contributed by atoms with Crippen LogP contribution in [0.25, 0.3) is 0 Å². The van der Waals surface area contributed by atoms with Gasteiger partial charge in [-0.25, -0.2) is 18.0 Å². The van der Waals surface area contributed by atoms with E-state index in [1.807, 2.05) is 17.9 Å². The van der Waals surface area contributed by atoms with Crippen LogP contribution in [0.15, 0.2) is 66.1 Å². The second-order valence-corrected chi connectivity index (χ2v) is 8.70. The zero-order chi connectivity index (χ0) is 25.5. The molecule has 0 amide bonds. The Morgan fingerprint density at radius 2 is 2.12 bits per heavy atom. The van der Waals surface area contributed by atoms with Gasteiger partial charge in [-0.05, 0) is 74.3 Å². The molecule has 1 heterocycles. The Kier molecular flexibility index (Phi) is 9.28. The van der Waals surface area contributed by atoms with Crippen molar-refractivity contribution in [3.05, 3.63) is 77.2 Å². The number of alkyl halides is 2. The molecule has 1 N–H and O–H groups in total. The fraction of sp³-hybridized carbons (Fsp3) is 0.385. The number of carboxylic acids is 1. The van der Waals surface area contributed by atoms with Crippen LogP contribution in [0.2, 0.25) is 0 Å². The van der Waals surface area contributed by atoms with Crippen molar-refractivity contribution in [3.63, 3.8) is 0 Å². The SMILES string of the molecule is C=C(\C(F)=C/C(=C\CF)/C=C/C(=O)O)C1c2ccc(OCC#N)cc2CC(C)N1CC(C)(C)F. The van der Waals surface area contributed by atoms with Gasteiger partial charge in [-0.1, -0.05) is 12.6 Å². The quantitative estimate of drug-likeness (QED) is 0.354. The lowest BCUT2D eigenvalue weighted by Gasteiger charge is -2.44. The summed E-state index contributed by atoms with van der Waals surface area (Å²) in [5.41, 5.74) is 0.0861. The average Bonchev–Trinajstić information content (AvgIpc) is 2.75. The fourth-order valence-electron chi connectivity index (χ4n) is 3.97. The zero-order valence-corrected chi connectivity index (χ0v) is 19.5. The van der Waals surface area contributed by atoms with Gasteiger partial charge in [0.15, 0.2) is 6.61 Å². The normalized spacial score (nSPS) is 19.6. The van der Waals surface area contributed by atoms with E-state index in [9.17, 15) is 13.6 Å². The van der Waals surface area contributed by atoms with Crippen molar-refractivity contribution in [1.82, 2.24) is 4.90 Å². The lowest BCUT2D eigenvalue weighted by atomic mass is 9.84. The van der Waals surface area contributed by atoms with Crippen molar-refractivity contribution in [2.24, 2.45) is 0 Å². The maximum atomic E-state index is 15.4. The number of ether oxygens (including phenoxy) is 1. The van der Waals surface area contributed by atoms with Crippen molar-refractivity contribution >= 4 is 5.97 Å². The van der Waals surface area contributed by atoms with Gasteiger partial charge < -0.3 is 9.84 Å². The average molecular weight is 475 g/mol. The summed E-state index contributed by atoms with van der Waals surface area (Å²) in [7, 11) is 0. The number of hydrogen-bond donors (Lipinski definition) is 1. The van der Waals surface area contributed by atoms with Crippen LogP contribution in [0.3, 0.4) is 0 Å². The molecular weight excluding hydrogens is 445 g/mol. The second-order valence-electron chi connectivity index (χ2n) is 8.70. The van der Waals surface area contributed by atoms with E-state index in [1.165, 1.54) is 13.8 Å². The maximum absolute atomic E-state index is 15.4. The summed E-state index contributed by atoms with van der Waals surface area (Å²) < 4.78 is 48.4. The first-order valence-corrected chi connectivity index (χ1v) is 10.8. The minimum absolute atomic E-state index is 0.0172. The number of carbonyl (C=O) groups is 1. The predicted molar refractivity (Wildman–Crippen MR) is 125 cm³/mol. The van der Waals surface area contributed by atoms with Crippen molar-refractivity contribution in [1.29, 1.82) is 5.26 Å². The molecule has 2 atom stereocenters. The van der Waals surface area contributed by atoms with Crippen LogP contribution in [0.4, 0.5) is 13.2 Å². The molecule has 0 saturated heterocycles. The molecule has 8 heteroatoms. The zero-order valence-electron chi connectivity index (χ0n) is 19.5. The van der Waals surface area contributed by atoms with Crippen LogP contribution in [0.5, 0.6) is 5.75 Å². The number of nitrogens with zero attached hydrogens (tertiary/aromatic N) is 2. The summed E-state index contributed by atoms with van der Waals surface area (Å²) in [6.07, 6.45) is 4.49. The van der Waals surface area contributed by atoms with E-state index in [0.717, 1.165) is 35.4 Å². The van der Waals surface area contributed by atoms with Crippen LogP contribution in [0, 0.1) is 11.3 Å². The number of rotatable bonds is 10. The van der Waals surface area contributed by atoms with Gasteiger partial charge in [0.05, 0.1) is 6.04 Å². The number of allylic oxidation sites excluding steroid dienone is 4. The lowest BCUT2D eigenvalue weighted by Crippen LogP contribution is -2.48. The fourth-order valence-corrected chi connectivity index (χ4v) is 3.97. The molecule has 0 saturated carbocycles. The minimum atomic E-state index is -1.57. The van der Waals surface area contributed by atoms with Gasteiger partial charge in [0, 0.05) is 24.2 Å². The number of benzene rings is 1. The predicted octanol–water partition coefficient (Wildman–Crippen LogP) is 5.57. The van der Waals surface area contributed by atoms with Crippen molar-refractivity contribution in [2.75, 3.05) is 19.8 Å². The highest BCUT2D eigenvalue weighted by molar-refractivity contribution is 5.80. The van der Waals surface area contributed by atoms with Gasteiger partial charge in [0.25, 0.3) is 0 Å². The summed E-state index contributed by atoms with van der Waals surface area (Å²) in [5, 5.41) is 17.6. The molecule has 2 rings (SSSR count). The molecule has 0 radical (unpaired) electrons. The Morgan fingerprint density at radius 3 is 2.71 bits per heavy atom. The summed E-state index contributed by atoms with van der Waals surface area (Å²) in [6.45, 7) is 7.72. The first-order chi connectivity index (χ1) is 16.0. The topological polar surface area (TPSA) is 73.6 Å². The van der Waals surface area contributed by atoms with Crippen LogP contribution >= 0.6 is 0 Å². The molecule has 0 bridgehead atoms. The summed E-state index contributed by atoms with van der Waals surface area (Å²) in [6, 6.07) is 6.22. The van der Waals surface area contributed by atoms with Gasteiger partial charge in [-0.3, -0.25) is 4.90 Å². The molecule has 0 aromatic heterocycles. The van der Waals surface area contributed by atoms with E-state index >= 15 is 4.39 Å². The summed E-state index contributed by atoms with van der Waals surface area (Å²) >= 11 is 0. The van der Waals surface area contributed by atoms with Gasteiger partial charge >= 0.3 is 5.97 Å². The lowest BCUT2D eigenvalue weighted by molar-refractivity contribution is -0.131. The molecule has 0 aliphatic carbocycles. The molecule has 2 unspecified atom stereocenters. The number of fused-ring (bicyclic) bond motifs is 1. The van der Waals surface area contributed by atoms with Gasteiger partial charge in [-0.2, -0.15) is 5.26 Å². The molecule has 5 nitrogen and oxygen atoms in total. The molecule has 34 heavy (non-hydrogen) atoms. The molecular formula is C26H29F3N2O3. The van der Waals surface area contributed by atoms with Crippen molar-refractivity contribution in [3.8, 4) is 11.8 Å². The Hall–Kier alpha value is -3.31. The molecule has 1 aliphatic heterocycles. The summed E-state index contributed by atoms with van der Waals surface area (Å²) in [5.74, 6) is -1.52. The van der Waals surface area contributed by atoms with E-state index in [4.69, 9.17) is 15.1 Å². The molecule has 1 aliphatic rings. The van der Waals surface area contributed by atoms with Crippen molar-refractivity contribution in [2.45, 2.75) is 44.9 Å². The number of aliphatic carboxylic acids is 1. The van der Waals surface area contributed by atoms with Gasteiger partial charge in [0.1, 0.15) is 30.0 Å². The molecule has 1 aromatic rings. The van der Waals surface area contributed by atoms with E-state index < -0.39 is 30.2 Å². The molecule has 182 valence electrons. The second kappa shape index (κ2) is 11.7. The standard InChI is InChI=1S/C26H29F3N2O3/c1-17-13-20-15-21(34-12-11-30)6-7-22(20)25(31(17)16-26(3,4)29)18(2)23(28)14-19(9-10-27)5-8-24(32)33/h5-9,14-15,17,25H,2,10,12-13,16H2,1,3-4H3,(H,32,33)/b8-5+,19-9-,23-14+. The third kappa shape index (κ3) is 7.35. The van der Waals surface area contributed by atoms with Crippen LogP contribution in [0.1, 0.15) is 37.9 Å². The highest BCUT2D eigenvalue weighted by Crippen LogP contribution is 2.42. The van der Waals surface area contributed by atoms with E-state index in [2.05, 4.69) is 6.58 Å². The Morgan fingerprint density at radius 1 is 1.41 bits per heavy atom. The van der Waals surface area contributed by atoms with Crippen LogP contribution < -0.4 is 4.74 Å². The molecule has 0 spiro atoms. The Balaban J connectivity index is 2.53. The molecule has 1 aromatic carbocycles. The first-order valence-electron chi connectivity index (χ1n) is 10.8. The van der Waals surface area contributed by atoms with Crippen molar-refractivity contribution < 1.29 is 27.8 Å². The molecule has 0 fully saturated rings. The summed E-state index contributed by atoms with van der Waals surface area (Å²) in [4.78, 5) is 12.6. The smallest absolute Gasteiger partial charge is 0.328 e. The van der Waals surface area contributed by atoms with E-state index in [1.54, 1.807) is 18.2 Å². The van der Waals surface area contributed by atoms with Gasteiger partial charge in [-0.15, -0.1) is 0 Å². The first kappa shape index (κ1) is 26.9. The maximum Gasteiger partial charge on any atom is 0.328 e. The Labute approximate surface area is 198 Å². The number of halogens is 3. The monoisotopic (exact) mass is 474 g/mol. The number of hydrogen-bond acceptors (Lipinski definition) is 4. The highest BCUT2D eigenvalue weighted by atomic mass is 19.1. The number of carboxylic acid groups (broad SMARTS) is 1. The third-order valence-corrected chi connectivity index (χ3v) is 5.35. The minimum Gasteiger partial charge on any atom is -0.479 e. The number of nitriles is 1. The Bertz CT molecular complexity index is 1050. The third-order valence-electron chi connectivity index (χ3n) is 5.35. The van der Waals surface area contributed by atoms with Gasteiger partial charge in [0.2, 0.25) is 0 Å². The van der Waals surface area contributed by atoms with E-state index in [0.29, 0.717) is 12.2 Å². The largest absolute Gasteiger partial charge is 0.479 e. The van der Waals surface area contributed by atoms with Crippen LogP contribution in [-0.2, 0) is 11.2 Å². The van der Waals surface area contributed by atoms with Crippen LogP contribution in [-0.4, -0.2) is 47.5 Å². The van der Waals surface area contributed by atoms with E-state index in [-0.39, 0.29) is 30.3 Å². The highest BCUT2D eigenvalue weighted by Gasteiger charge is 2.38.